The molecular weight excluding hydrogens is 461 g/mol. The first-order valence-electron chi connectivity index (χ1n) is 10.9. The summed E-state index contributed by atoms with van der Waals surface area (Å²) in [6.07, 6.45) is -3.55. The van der Waals surface area contributed by atoms with Crippen molar-refractivity contribution in [1.29, 1.82) is 0 Å². The van der Waals surface area contributed by atoms with Gasteiger partial charge in [0.1, 0.15) is 0 Å². The van der Waals surface area contributed by atoms with Crippen molar-refractivity contribution in [3.8, 4) is 0 Å². The van der Waals surface area contributed by atoms with Crippen LogP contribution in [0.5, 0.6) is 0 Å². The van der Waals surface area contributed by atoms with Gasteiger partial charge >= 0.3 is 6.18 Å². The summed E-state index contributed by atoms with van der Waals surface area (Å²) in [5.74, 6) is -0.951. The normalized spacial score (nSPS) is 14.6. The molecular formula is C26H23F3N2O2S. The molecule has 0 saturated carbocycles. The lowest BCUT2D eigenvalue weighted by molar-refractivity contribution is -0.138. The highest BCUT2D eigenvalue weighted by molar-refractivity contribution is 7.98. The summed E-state index contributed by atoms with van der Waals surface area (Å²) in [4.78, 5) is 28.5. The second kappa shape index (κ2) is 10.3. The van der Waals surface area contributed by atoms with Crippen LogP contribution in [-0.2, 0) is 6.18 Å². The fourth-order valence-electron chi connectivity index (χ4n) is 4.19. The molecule has 1 fully saturated rings. The van der Waals surface area contributed by atoms with Gasteiger partial charge in [-0.15, -0.1) is 0 Å². The van der Waals surface area contributed by atoms with Crippen molar-refractivity contribution in [2.24, 2.45) is 0 Å². The van der Waals surface area contributed by atoms with Crippen LogP contribution in [0, 0.1) is 0 Å². The molecule has 0 atom stereocenters. The average molecular weight is 485 g/mol. The Morgan fingerprint density at radius 3 is 2.09 bits per heavy atom. The van der Waals surface area contributed by atoms with Crippen molar-refractivity contribution >= 4 is 23.8 Å². The molecule has 0 bridgehead atoms. The lowest BCUT2D eigenvalue weighted by atomic mass is 9.86. The van der Waals surface area contributed by atoms with Crippen molar-refractivity contribution in [2.45, 2.75) is 29.8 Å². The standard InChI is InChI=1S/C26H23F3N2O2S/c27-26(28,29)23-13-7-6-10-20(23)18-14-16-31(17-15-18)25(33)22-12-5-4-11-21(22)24(32)30-34-19-8-2-1-3-9-19/h1-13,18H,14-17H2,(H,30,32). The van der Waals surface area contributed by atoms with E-state index in [-0.39, 0.29) is 34.4 Å². The third-order valence-corrected chi connectivity index (χ3v) is 6.69. The largest absolute Gasteiger partial charge is 0.416 e. The first-order valence-corrected chi connectivity index (χ1v) is 11.7. The minimum atomic E-state index is -4.41. The zero-order chi connectivity index (χ0) is 24.1. The quantitative estimate of drug-likeness (QED) is 0.441. The number of piperidine rings is 1. The van der Waals surface area contributed by atoms with Crippen molar-refractivity contribution in [3.63, 3.8) is 0 Å². The maximum Gasteiger partial charge on any atom is 0.416 e. The van der Waals surface area contributed by atoms with E-state index in [4.69, 9.17) is 0 Å². The van der Waals surface area contributed by atoms with E-state index in [1.807, 2.05) is 30.3 Å². The van der Waals surface area contributed by atoms with Crippen LogP contribution >= 0.6 is 11.9 Å². The zero-order valence-electron chi connectivity index (χ0n) is 18.2. The Kier molecular flexibility index (Phi) is 7.26. The first-order chi connectivity index (χ1) is 16.3. The minimum absolute atomic E-state index is 0.264. The van der Waals surface area contributed by atoms with E-state index in [9.17, 15) is 22.8 Å². The average Bonchev–Trinajstić information content (AvgIpc) is 2.87. The van der Waals surface area contributed by atoms with E-state index >= 15 is 0 Å². The Morgan fingerprint density at radius 2 is 1.41 bits per heavy atom. The van der Waals surface area contributed by atoms with Gasteiger partial charge in [0.05, 0.1) is 16.7 Å². The third kappa shape index (κ3) is 5.44. The number of nitrogens with zero attached hydrogens (tertiary/aromatic N) is 1. The van der Waals surface area contributed by atoms with Crippen molar-refractivity contribution in [2.75, 3.05) is 13.1 Å². The molecule has 3 aromatic carbocycles. The molecule has 0 unspecified atom stereocenters. The van der Waals surface area contributed by atoms with Gasteiger partial charge in [-0.2, -0.15) is 13.2 Å². The Morgan fingerprint density at radius 1 is 0.824 bits per heavy atom. The summed E-state index contributed by atoms with van der Waals surface area (Å²) >= 11 is 1.16. The van der Waals surface area contributed by atoms with Gasteiger partial charge < -0.3 is 4.90 Å². The van der Waals surface area contributed by atoms with E-state index in [0.29, 0.717) is 25.9 Å². The number of rotatable bonds is 5. The number of carbonyl (C=O) groups is 2. The molecule has 1 N–H and O–H groups in total. The van der Waals surface area contributed by atoms with E-state index < -0.39 is 11.7 Å². The van der Waals surface area contributed by atoms with Crippen molar-refractivity contribution < 1.29 is 22.8 Å². The molecule has 4 rings (SSSR count). The summed E-state index contributed by atoms with van der Waals surface area (Å²) in [6.45, 7) is 0.648. The molecule has 0 aliphatic carbocycles. The smallest absolute Gasteiger partial charge is 0.339 e. The monoisotopic (exact) mass is 484 g/mol. The Bertz CT molecular complexity index is 1160. The van der Waals surface area contributed by atoms with Crippen LogP contribution in [-0.4, -0.2) is 29.8 Å². The number of alkyl halides is 3. The van der Waals surface area contributed by atoms with E-state index in [1.54, 1.807) is 35.2 Å². The number of nitrogens with one attached hydrogen (secondary N) is 1. The molecule has 0 radical (unpaired) electrons. The predicted molar refractivity (Wildman–Crippen MR) is 126 cm³/mol. The molecule has 1 aliphatic heterocycles. The first kappa shape index (κ1) is 23.9. The summed E-state index contributed by atoms with van der Waals surface area (Å²) < 4.78 is 43.0. The second-order valence-electron chi connectivity index (χ2n) is 8.04. The predicted octanol–water partition coefficient (Wildman–Crippen LogP) is 6.16. The number of likely N-dealkylation sites (tertiary alicyclic amines) is 1. The van der Waals surface area contributed by atoms with E-state index in [2.05, 4.69) is 4.72 Å². The van der Waals surface area contributed by atoms with Crippen LogP contribution < -0.4 is 4.72 Å². The highest BCUT2D eigenvalue weighted by Crippen LogP contribution is 2.38. The Balaban J connectivity index is 1.44. The molecule has 176 valence electrons. The molecule has 8 heteroatoms. The molecule has 0 spiro atoms. The molecule has 1 aliphatic rings. The number of benzene rings is 3. The highest BCUT2D eigenvalue weighted by Gasteiger charge is 2.36. The summed E-state index contributed by atoms with van der Waals surface area (Å²) in [5.41, 5.74) is 0.209. The summed E-state index contributed by atoms with van der Waals surface area (Å²) in [7, 11) is 0. The maximum absolute atomic E-state index is 13.4. The second-order valence-corrected chi connectivity index (χ2v) is 8.92. The van der Waals surface area contributed by atoms with Gasteiger partial charge in [0.15, 0.2) is 0 Å². The number of hydrogen-bond acceptors (Lipinski definition) is 3. The van der Waals surface area contributed by atoms with Gasteiger partial charge in [-0.05, 0) is 66.6 Å². The molecule has 1 heterocycles. The SMILES string of the molecule is O=C(NSc1ccccc1)c1ccccc1C(=O)N1CCC(c2ccccc2C(F)(F)F)CC1. The van der Waals surface area contributed by atoms with Gasteiger partial charge in [-0.1, -0.05) is 48.5 Å². The van der Waals surface area contributed by atoms with Crippen LogP contribution in [0.3, 0.4) is 0 Å². The molecule has 2 amide bonds. The fraction of sp³-hybridized carbons (Fsp3) is 0.231. The molecule has 34 heavy (non-hydrogen) atoms. The van der Waals surface area contributed by atoms with Crippen LogP contribution in [0.4, 0.5) is 13.2 Å². The number of carbonyl (C=O) groups excluding carboxylic acids is 2. The van der Waals surface area contributed by atoms with Gasteiger partial charge in [-0.3, -0.25) is 14.3 Å². The van der Waals surface area contributed by atoms with E-state index in [1.165, 1.54) is 12.1 Å². The van der Waals surface area contributed by atoms with Crippen LogP contribution in [0.25, 0.3) is 0 Å². The minimum Gasteiger partial charge on any atom is -0.339 e. The molecule has 1 saturated heterocycles. The van der Waals surface area contributed by atoms with Gasteiger partial charge in [0, 0.05) is 18.0 Å². The topological polar surface area (TPSA) is 49.4 Å². The van der Waals surface area contributed by atoms with Crippen molar-refractivity contribution in [1.82, 2.24) is 9.62 Å². The van der Waals surface area contributed by atoms with Crippen LogP contribution in [0.15, 0.2) is 83.8 Å². The lowest BCUT2D eigenvalue weighted by Gasteiger charge is -2.33. The van der Waals surface area contributed by atoms with Crippen LogP contribution in [0.1, 0.15) is 50.6 Å². The Labute approximate surface area is 200 Å². The van der Waals surface area contributed by atoms with Gasteiger partial charge in [0.2, 0.25) is 0 Å². The van der Waals surface area contributed by atoms with E-state index in [0.717, 1.165) is 22.9 Å². The lowest BCUT2D eigenvalue weighted by Crippen LogP contribution is -2.39. The van der Waals surface area contributed by atoms with Gasteiger partial charge in [0.25, 0.3) is 11.8 Å². The van der Waals surface area contributed by atoms with Crippen molar-refractivity contribution in [3.05, 3.63) is 101 Å². The zero-order valence-corrected chi connectivity index (χ0v) is 19.0. The molecule has 3 aromatic rings. The third-order valence-electron chi connectivity index (χ3n) is 5.90. The molecule has 4 nitrogen and oxygen atoms in total. The highest BCUT2D eigenvalue weighted by atomic mass is 32.2. The number of amides is 2. The molecule has 0 aromatic heterocycles. The number of hydrogen-bond donors (Lipinski definition) is 1. The summed E-state index contributed by atoms with van der Waals surface area (Å²) in [5, 5.41) is 0. The van der Waals surface area contributed by atoms with Gasteiger partial charge in [-0.25, -0.2) is 0 Å². The van der Waals surface area contributed by atoms with Crippen LogP contribution in [0.2, 0.25) is 0 Å². The summed E-state index contributed by atoms with van der Waals surface area (Å²) in [6, 6.07) is 21.6. The maximum atomic E-state index is 13.4. The fourth-order valence-corrected chi connectivity index (χ4v) is 4.81. The number of halogens is 3. The Hall–Kier alpha value is -3.26.